The maximum atomic E-state index is 5.65. The van der Waals surface area contributed by atoms with Crippen LogP contribution in [0.4, 0.5) is 0 Å². The zero-order chi connectivity index (χ0) is 13.0. The molecular formula is C14H21BrN2S. The molecule has 0 unspecified atom stereocenters. The third-order valence-electron chi connectivity index (χ3n) is 3.62. The molecule has 0 spiro atoms. The van der Waals surface area contributed by atoms with Gasteiger partial charge in [0, 0.05) is 22.8 Å². The molecule has 1 aromatic rings. The van der Waals surface area contributed by atoms with Crippen LogP contribution in [0.25, 0.3) is 0 Å². The molecule has 1 aliphatic rings. The van der Waals surface area contributed by atoms with Gasteiger partial charge < -0.3 is 5.73 Å². The molecule has 18 heavy (non-hydrogen) atoms. The second-order valence-electron chi connectivity index (χ2n) is 4.84. The first-order valence-corrected chi connectivity index (χ1v) is 8.53. The fourth-order valence-electron chi connectivity index (χ4n) is 2.39. The van der Waals surface area contributed by atoms with Crippen molar-refractivity contribution >= 4 is 27.7 Å². The Bertz CT molecular complexity index is 389. The molecule has 1 aromatic carbocycles. The van der Waals surface area contributed by atoms with Gasteiger partial charge in [-0.15, -0.1) is 0 Å². The highest BCUT2D eigenvalue weighted by Crippen LogP contribution is 2.25. The van der Waals surface area contributed by atoms with Crippen molar-refractivity contribution in [2.75, 3.05) is 19.3 Å². The number of nitrogens with two attached hydrogens (primary N) is 1. The van der Waals surface area contributed by atoms with Crippen LogP contribution in [0.3, 0.4) is 0 Å². The molecule has 1 saturated heterocycles. The van der Waals surface area contributed by atoms with Gasteiger partial charge in [-0.05, 0) is 49.4 Å². The molecule has 2 rings (SSSR count). The minimum atomic E-state index is 0.609. The third kappa shape index (κ3) is 3.73. The number of rotatable bonds is 4. The molecule has 0 aliphatic carbocycles. The van der Waals surface area contributed by atoms with Crippen LogP contribution in [0.1, 0.15) is 24.0 Å². The first kappa shape index (κ1) is 14.4. The molecule has 100 valence electrons. The molecule has 2 nitrogen and oxygen atoms in total. The summed E-state index contributed by atoms with van der Waals surface area (Å²) in [6.45, 7) is 4.09. The minimum absolute atomic E-state index is 0.609. The quantitative estimate of drug-likeness (QED) is 0.920. The zero-order valence-electron chi connectivity index (χ0n) is 10.9. The van der Waals surface area contributed by atoms with E-state index < -0.39 is 0 Å². The van der Waals surface area contributed by atoms with Crippen LogP contribution < -0.4 is 5.73 Å². The van der Waals surface area contributed by atoms with E-state index in [0.717, 1.165) is 11.8 Å². The van der Waals surface area contributed by atoms with E-state index in [-0.39, 0.29) is 0 Å². The molecule has 0 radical (unpaired) electrons. The second kappa shape index (κ2) is 6.94. The molecule has 0 atom stereocenters. The Kier molecular flexibility index (Phi) is 5.55. The van der Waals surface area contributed by atoms with Crippen LogP contribution in [0, 0.1) is 0 Å². The number of thioether (sulfide) groups is 1. The maximum absolute atomic E-state index is 5.65. The summed E-state index contributed by atoms with van der Waals surface area (Å²) >= 11 is 5.67. The predicted octanol–water partition coefficient (Wildman–Crippen LogP) is 3.24. The van der Waals surface area contributed by atoms with E-state index in [1.807, 2.05) is 11.8 Å². The summed E-state index contributed by atoms with van der Waals surface area (Å²) in [5.74, 6) is 0. The second-order valence-corrected chi connectivity index (χ2v) is 6.83. The topological polar surface area (TPSA) is 29.3 Å². The SMILES string of the molecule is CSC1CCN(Cc2ccc(CN)cc2Br)CC1. The van der Waals surface area contributed by atoms with Crippen LogP contribution >= 0.6 is 27.7 Å². The third-order valence-corrected chi connectivity index (χ3v) is 5.49. The van der Waals surface area contributed by atoms with Gasteiger partial charge in [-0.3, -0.25) is 4.90 Å². The zero-order valence-corrected chi connectivity index (χ0v) is 13.3. The average molecular weight is 329 g/mol. The first-order valence-electron chi connectivity index (χ1n) is 6.45. The number of halogens is 1. The Morgan fingerprint density at radius 1 is 1.39 bits per heavy atom. The summed E-state index contributed by atoms with van der Waals surface area (Å²) in [7, 11) is 0. The van der Waals surface area contributed by atoms with Crippen LogP contribution in [-0.2, 0) is 13.1 Å². The monoisotopic (exact) mass is 328 g/mol. The lowest BCUT2D eigenvalue weighted by Gasteiger charge is -2.31. The van der Waals surface area contributed by atoms with Crippen LogP contribution in [0.2, 0.25) is 0 Å². The number of hydrogen-bond donors (Lipinski definition) is 1. The molecule has 1 aliphatic heterocycles. The van der Waals surface area contributed by atoms with Crippen LogP contribution in [-0.4, -0.2) is 29.5 Å². The van der Waals surface area contributed by atoms with E-state index in [1.54, 1.807) is 0 Å². The lowest BCUT2D eigenvalue weighted by molar-refractivity contribution is 0.224. The van der Waals surface area contributed by atoms with Gasteiger partial charge in [0.25, 0.3) is 0 Å². The smallest absolute Gasteiger partial charge is 0.0244 e. The molecule has 1 heterocycles. The van der Waals surface area contributed by atoms with E-state index in [0.29, 0.717) is 6.54 Å². The van der Waals surface area contributed by atoms with Gasteiger partial charge in [-0.1, -0.05) is 28.1 Å². The molecule has 0 saturated carbocycles. The van der Waals surface area contributed by atoms with Crippen LogP contribution in [0.15, 0.2) is 22.7 Å². The summed E-state index contributed by atoms with van der Waals surface area (Å²) in [5, 5.41) is 0.865. The molecule has 0 bridgehead atoms. The standard InChI is InChI=1S/C14H21BrN2S/c1-18-13-4-6-17(7-5-13)10-12-3-2-11(9-16)8-14(12)15/h2-3,8,13H,4-7,9-10,16H2,1H3. The van der Waals surface area contributed by atoms with Gasteiger partial charge in [0.15, 0.2) is 0 Å². The van der Waals surface area contributed by atoms with Gasteiger partial charge >= 0.3 is 0 Å². The van der Waals surface area contributed by atoms with Crippen molar-refractivity contribution in [3.63, 3.8) is 0 Å². The predicted molar refractivity (Wildman–Crippen MR) is 83.8 cm³/mol. The van der Waals surface area contributed by atoms with E-state index in [2.05, 4.69) is 45.3 Å². The lowest BCUT2D eigenvalue weighted by Crippen LogP contribution is -2.34. The Hall–Kier alpha value is -0.0300. The molecule has 0 aromatic heterocycles. The summed E-state index contributed by atoms with van der Waals surface area (Å²) in [6.07, 6.45) is 4.86. The first-order chi connectivity index (χ1) is 8.72. The van der Waals surface area contributed by atoms with Crippen molar-refractivity contribution in [2.24, 2.45) is 5.73 Å². The Labute approximate surface area is 122 Å². The number of hydrogen-bond acceptors (Lipinski definition) is 3. The van der Waals surface area contributed by atoms with Crippen molar-refractivity contribution in [3.8, 4) is 0 Å². The van der Waals surface area contributed by atoms with E-state index in [9.17, 15) is 0 Å². The van der Waals surface area contributed by atoms with Crippen molar-refractivity contribution in [1.82, 2.24) is 4.90 Å². The maximum Gasteiger partial charge on any atom is 0.0244 e. The van der Waals surface area contributed by atoms with Gasteiger partial charge in [0.1, 0.15) is 0 Å². The summed E-state index contributed by atoms with van der Waals surface area (Å²) in [5.41, 5.74) is 8.21. The van der Waals surface area contributed by atoms with Crippen molar-refractivity contribution in [2.45, 2.75) is 31.2 Å². The molecule has 4 heteroatoms. The number of benzene rings is 1. The van der Waals surface area contributed by atoms with E-state index in [1.165, 1.54) is 41.5 Å². The normalized spacial score (nSPS) is 18.2. The summed E-state index contributed by atoms with van der Waals surface area (Å²) in [4.78, 5) is 2.55. The van der Waals surface area contributed by atoms with Gasteiger partial charge in [-0.25, -0.2) is 0 Å². The van der Waals surface area contributed by atoms with Crippen molar-refractivity contribution in [1.29, 1.82) is 0 Å². The number of nitrogens with zero attached hydrogens (tertiary/aromatic N) is 1. The van der Waals surface area contributed by atoms with E-state index >= 15 is 0 Å². The average Bonchev–Trinajstić information content (AvgIpc) is 2.42. The Morgan fingerprint density at radius 3 is 2.67 bits per heavy atom. The van der Waals surface area contributed by atoms with E-state index in [4.69, 9.17) is 5.73 Å². The Balaban J connectivity index is 1.94. The van der Waals surface area contributed by atoms with Crippen molar-refractivity contribution in [3.05, 3.63) is 33.8 Å². The molecular weight excluding hydrogens is 308 g/mol. The lowest BCUT2D eigenvalue weighted by atomic mass is 10.1. The Morgan fingerprint density at radius 2 is 2.11 bits per heavy atom. The summed E-state index contributed by atoms with van der Waals surface area (Å²) < 4.78 is 1.19. The highest BCUT2D eigenvalue weighted by Gasteiger charge is 2.18. The largest absolute Gasteiger partial charge is 0.326 e. The number of piperidine rings is 1. The fraction of sp³-hybridized carbons (Fsp3) is 0.571. The van der Waals surface area contributed by atoms with Crippen molar-refractivity contribution < 1.29 is 0 Å². The van der Waals surface area contributed by atoms with Gasteiger partial charge in [0.05, 0.1) is 0 Å². The highest BCUT2D eigenvalue weighted by atomic mass is 79.9. The minimum Gasteiger partial charge on any atom is -0.326 e. The van der Waals surface area contributed by atoms with Gasteiger partial charge in [0.2, 0.25) is 0 Å². The molecule has 2 N–H and O–H groups in total. The summed E-state index contributed by atoms with van der Waals surface area (Å²) in [6, 6.07) is 6.48. The van der Waals surface area contributed by atoms with Gasteiger partial charge in [-0.2, -0.15) is 11.8 Å². The highest BCUT2D eigenvalue weighted by molar-refractivity contribution is 9.10. The fourth-order valence-corrected chi connectivity index (χ4v) is 3.62. The molecule has 1 fully saturated rings. The number of likely N-dealkylation sites (tertiary alicyclic amines) is 1. The van der Waals surface area contributed by atoms with Crippen LogP contribution in [0.5, 0.6) is 0 Å². The molecule has 0 amide bonds.